The van der Waals surface area contributed by atoms with Crippen LogP contribution in [0.1, 0.15) is 17.4 Å². The highest BCUT2D eigenvalue weighted by molar-refractivity contribution is 6.30. The Labute approximate surface area is 133 Å². The number of methoxy groups -OCH3 is 1. The summed E-state index contributed by atoms with van der Waals surface area (Å²) in [5.74, 6) is 1.00. The second kappa shape index (κ2) is 7.72. The van der Waals surface area contributed by atoms with Crippen molar-refractivity contribution in [3.63, 3.8) is 0 Å². The lowest BCUT2D eigenvalue weighted by Crippen LogP contribution is -2.37. The molecule has 0 aliphatic carbocycles. The zero-order chi connectivity index (χ0) is 15.9. The van der Waals surface area contributed by atoms with Crippen molar-refractivity contribution in [2.24, 2.45) is 0 Å². The van der Waals surface area contributed by atoms with Crippen LogP contribution in [0.4, 0.5) is 4.79 Å². The van der Waals surface area contributed by atoms with Crippen molar-refractivity contribution >= 4 is 17.6 Å². The molecular weight excluding hydrogens is 308 g/mol. The first-order valence-corrected chi connectivity index (χ1v) is 7.03. The maximum absolute atomic E-state index is 11.7. The minimum Gasteiger partial charge on any atom is -0.496 e. The highest BCUT2D eigenvalue weighted by Gasteiger charge is 2.12. The molecule has 0 spiro atoms. The Hall–Kier alpha value is -2.18. The molecule has 1 atom stereocenters. The van der Waals surface area contributed by atoms with E-state index in [2.05, 4.69) is 10.6 Å². The van der Waals surface area contributed by atoms with E-state index >= 15 is 0 Å². The Morgan fingerprint density at radius 2 is 2.23 bits per heavy atom. The Morgan fingerprint density at radius 3 is 2.91 bits per heavy atom. The number of nitrogens with one attached hydrogen (secondary N) is 2. The van der Waals surface area contributed by atoms with Gasteiger partial charge < -0.3 is 24.9 Å². The van der Waals surface area contributed by atoms with Crippen molar-refractivity contribution < 1.29 is 19.1 Å². The summed E-state index contributed by atoms with van der Waals surface area (Å²) < 4.78 is 10.2. The molecule has 2 amide bonds. The largest absolute Gasteiger partial charge is 0.496 e. The van der Waals surface area contributed by atoms with Crippen LogP contribution < -0.4 is 15.4 Å². The molecular formula is C15H17ClN2O4. The molecule has 0 radical (unpaired) electrons. The van der Waals surface area contributed by atoms with Crippen LogP contribution >= 0.6 is 11.6 Å². The summed E-state index contributed by atoms with van der Waals surface area (Å²) in [7, 11) is 1.54. The monoisotopic (exact) mass is 324 g/mol. The van der Waals surface area contributed by atoms with Gasteiger partial charge in [0, 0.05) is 17.1 Å². The summed E-state index contributed by atoms with van der Waals surface area (Å²) in [6.45, 7) is 0.333. The lowest BCUT2D eigenvalue weighted by atomic mass is 10.2. The first-order chi connectivity index (χ1) is 10.6. The first-order valence-electron chi connectivity index (χ1n) is 6.65. The van der Waals surface area contributed by atoms with Gasteiger partial charge in [-0.2, -0.15) is 0 Å². The lowest BCUT2D eigenvalue weighted by molar-refractivity contribution is 0.148. The van der Waals surface area contributed by atoms with E-state index in [4.69, 9.17) is 20.8 Å². The predicted molar refractivity (Wildman–Crippen MR) is 81.9 cm³/mol. The number of urea groups is 1. The molecule has 1 aromatic carbocycles. The van der Waals surface area contributed by atoms with Gasteiger partial charge in [-0.05, 0) is 24.3 Å². The molecule has 2 rings (SSSR count). The number of carbonyl (C=O) groups excluding carboxylic acids is 1. The maximum atomic E-state index is 11.7. The molecule has 1 aromatic heterocycles. The van der Waals surface area contributed by atoms with E-state index in [0.717, 1.165) is 5.56 Å². The number of aliphatic hydroxyl groups is 1. The van der Waals surface area contributed by atoms with Crippen molar-refractivity contribution in [1.82, 2.24) is 10.6 Å². The van der Waals surface area contributed by atoms with Gasteiger partial charge in [0.25, 0.3) is 0 Å². The number of hydrogen-bond acceptors (Lipinski definition) is 4. The van der Waals surface area contributed by atoms with Crippen molar-refractivity contribution in [3.05, 3.63) is 52.9 Å². The fraction of sp³-hybridized carbons (Fsp3) is 0.267. The quantitative estimate of drug-likeness (QED) is 0.762. The zero-order valence-electron chi connectivity index (χ0n) is 12.0. The van der Waals surface area contributed by atoms with Gasteiger partial charge in [-0.3, -0.25) is 0 Å². The molecule has 0 aliphatic heterocycles. The summed E-state index contributed by atoms with van der Waals surface area (Å²) in [6, 6.07) is 8.09. The van der Waals surface area contributed by atoms with Crippen LogP contribution in [0.15, 0.2) is 41.0 Å². The number of halogens is 1. The van der Waals surface area contributed by atoms with Gasteiger partial charge in [-0.25, -0.2) is 4.79 Å². The van der Waals surface area contributed by atoms with Gasteiger partial charge in [0.15, 0.2) is 0 Å². The van der Waals surface area contributed by atoms with E-state index in [-0.39, 0.29) is 13.1 Å². The lowest BCUT2D eigenvalue weighted by Gasteiger charge is -2.12. The second-order valence-electron chi connectivity index (χ2n) is 4.55. The number of carbonyl (C=O) groups is 1. The SMILES string of the molecule is COc1cc(Cl)ccc1CNC(=O)NCC(O)c1ccco1. The van der Waals surface area contributed by atoms with Gasteiger partial charge in [0.05, 0.1) is 19.9 Å². The van der Waals surface area contributed by atoms with E-state index in [1.54, 1.807) is 30.3 Å². The number of ether oxygens (including phenoxy) is 1. The Morgan fingerprint density at radius 1 is 1.41 bits per heavy atom. The molecule has 7 heteroatoms. The van der Waals surface area contributed by atoms with Gasteiger partial charge in [0.2, 0.25) is 0 Å². The van der Waals surface area contributed by atoms with Crippen LogP contribution in [0.5, 0.6) is 5.75 Å². The first kappa shape index (κ1) is 16.2. The number of amides is 2. The molecule has 0 saturated carbocycles. The Balaban J connectivity index is 1.80. The Bertz CT molecular complexity index is 616. The van der Waals surface area contributed by atoms with Crippen molar-refractivity contribution in [2.75, 3.05) is 13.7 Å². The summed E-state index contributed by atoms with van der Waals surface area (Å²) in [5, 5.41) is 15.6. The molecule has 6 nitrogen and oxygen atoms in total. The smallest absolute Gasteiger partial charge is 0.315 e. The fourth-order valence-corrected chi connectivity index (χ4v) is 2.04. The number of furan rings is 1. The third-order valence-corrected chi connectivity index (χ3v) is 3.25. The predicted octanol–water partition coefficient (Wildman–Crippen LogP) is 2.47. The van der Waals surface area contributed by atoms with E-state index in [9.17, 15) is 9.90 Å². The van der Waals surface area contributed by atoms with E-state index in [0.29, 0.717) is 16.5 Å². The average Bonchev–Trinajstić information content (AvgIpc) is 3.05. The summed E-state index contributed by atoms with van der Waals surface area (Å²) in [5.41, 5.74) is 0.800. The topological polar surface area (TPSA) is 83.7 Å². The highest BCUT2D eigenvalue weighted by Crippen LogP contribution is 2.22. The number of benzene rings is 1. The van der Waals surface area contributed by atoms with Crippen LogP contribution in [-0.2, 0) is 6.54 Å². The highest BCUT2D eigenvalue weighted by atomic mass is 35.5. The molecule has 0 aliphatic rings. The molecule has 0 fully saturated rings. The van der Waals surface area contributed by atoms with Crippen LogP contribution in [0.2, 0.25) is 5.02 Å². The Kier molecular flexibility index (Phi) is 5.68. The average molecular weight is 325 g/mol. The standard InChI is InChI=1S/C15H17ClN2O4/c1-21-14-7-11(16)5-4-10(14)8-17-15(20)18-9-12(19)13-3-2-6-22-13/h2-7,12,19H,8-9H2,1H3,(H2,17,18,20). The van der Waals surface area contributed by atoms with Crippen LogP contribution in [0.25, 0.3) is 0 Å². The maximum Gasteiger partial charge on any atom is 0.315 e. The number of hydrogen-bond donors (Lipinski definition) is 3. The van der Waals surface area contributed by atoms with Gasteiger partial charge in [-0.1, -0.05) is 17.7 Å². The van der Waals surface area contributed by atoms with E-state index in [1.807, 2.05) is 0 Å². The molecule has 2 aromatic rings. The van der Waals surface area contributed by atoms with E-state index < -0.39 is 12.1 Å². The molecule has 1 heterocycles. The molecule has 3 N–H and O–H groups in total. The van der Waals surface area contributed by atoms with Crippen LogP contribution in [-0.4, -0.2) is 24.8 Å². The second-order valence-corrected chi connectivity index (χ2v) is 4.99. The minimum absolute atomic E-state index is 0.0527. The third-order valence-electron chi connectivity index (χ3n) is 3.02. The third kappa shape index (κ3) is 4.41. The van der Waals surface area contributed by atoms with Gasteiger partial charge in [-0.15, -0.1) is 0 Å². The fourth-order valence-electron chi connectivity index (χ4n) is 1.87. The zero-order valence-corrected chi connectivity index (χ0v) is 12.8. The van der Waals surface area contributed by atoms with E-state index in [1.165, 1.54) is 13.4 Å². The van der Waals surface area contributed by atoms with Crippen molar-refractivity contribution in [2.45, 2.75) is 12.6 Å². The molecule has 0 bridgehead atoms. The molecule has 118 valence electrons. The molecule has 1 unspecified atom stereocenters. The van der Waals surface area contributed by atoms with Crippen molar-refractivity contribution in [3.8, 4) is 5.75 Å². The van der Waals surface area contributed by atoms with Gasteiger partial charge >= 0.3 is 6.03 Å². The minimum atomic E-state index is -0.884. The summed E-state index contributed by atoms with van der Waals surface area (Å²) >= 11 is 5.88. The number of rotatable bonds is 6. The number of aliphatic hydroxyl groups excluding tert-OH is 1. The molecule has 0 saturated heterocycles. The van der Waals surface area contributed by atoms with Gasteiger partial charge in [0.1, 0.15) is 17.6 Å². The summed E-state index contributed by atoms with van der Waals surface area (Å²) in [4.78, 5) is 11.7. The van der Waals surface area contributed by atoms with Crippen LogP contribution in [0.3, 0.4) is 0 Å². The van der Waals surface area contributed by atoms with Crippen LogP contribution in [0, 0.1) is 0 Å². The normalized spacial score (nSPS) is 11.8. The van der Waals surface area contributed by atoms with Crippen molar-refractivity contribution in [1.29, 1.82) is 0 Å². The molecule has 22 heavy (non-hydrogen) atoms. The summed E-state index contributed by atoms with van der Waals surface area (Å²) in [6.07, 6.45) is 0.580.